The van der Waals surface area contributed by atoms with Crippen molar-refractivity contribution in [1.82, 2.24) is 31.1 Å². The summed E-state index contributed by atoms with van der Waals surface area (Å²) in [6.45, 7) is 7.54. The molecule has 1 fully saturated rings. The lowest BCUT2D eigenvalue weighted by atomic mass is 10.4. The fraction of sp³-hybridized carbons (Fsp3) is 1.00. The van der Waals surface area contributed by atoms with Gasteiger partial charge in [0.1, 0.15) is 0 Å². The van der Waals surface area contributed by atoms with Crippen LogP contribution in [0.2, 0.25) is 0 Å². The Morgan fingerprint density at radius 2 is 1.53 bits per heavy atom. The second-order valence-corrected chi connectivity index (χ2v) is 4.26. The Labute approximate surface area is 106 Å². The quantitative estimate of drug-likeness (QED) is 0.421. The van der Waals surface area contributed by atoms with Crippen molar-refractivity contribution in [3.05, 3.63) is 0 Å². The van der Waals surface area contributed by atoms with Gasteiger partial charge < -0.3 is 21.3 Å². The molecule has 0 saturated carbocycles. The van der Waals surface area contributed by atoms with Crippen LogP contribution in [0.4, 0.5) is 0 Å². The van der Waals surface area contributed by atoms with Gasteiger partial charge >= 0.3 is 0 Å². The minimum absolute atomic E-state index is 0.931. The van der Waals surface area contributed by atoms with Crippen LogP contribution < -0.4 is 21.3 Å². The summed E-state index contributed by atoms with van der Waals surface area (Å²) in [4.78, 5) is 4.54. The Morgan fingerprint density at radius 3 is 1.94 bits per heavy atom. The molecule has 0 aromatic rings. The van der Waals surface area contributed by atoms with Gasteiger partial charge in [0.05, 0.1) is 0 Å². The zero-order valence-electron chi connectivity index (χ0n) is 11.8. The van der Waals surface area contributed by atoms with Crippen molar-refractivity contribution in [3.8, 4) is 0 Å². The summed E-state index contributed by atoms with van der Waals surface area (Å²) in [7, 11) is 7.91. The van der Waals surface area contributed by atoms with Crippen molar-refractivity contribution in [2.45, 2.75) is 0 Å². The maximum atomic E-state index is 3.30. The molecule has 1 aliphatic heterocycles. The van der Waals surface area contributed by atoms with Gasteiger partial charge in [-0.1, -0.05) is 0 Å². The van der Waals surface area contributed by atoms with E-state index < -0.39 is 0 Å². The number of hydrogen-bond acceptors (Lipinski definition) is 6. The standard InChI is InChI=1S/C6H15N3.C5H15N3/c1-7-6-9-4-2-8-3-5-9;1-6-4-8(3)5-7-2/h7-8H,2-6H2,1H3;6-7H,4-5H2,1-3H3. The lowest BCUT2D eigenvalue weighted by molar-refractivity contribution is 0.230. The van der Waals surface area contributed by atoms with E-state index in [1.165, 1.54) is 13.1 Å². The summed E-state index contributed by atoms with van der Waals surface area (Å²) >= 11 is 0. The van der Waals surface area contributed by atoms with Crippen LogP contribution in [-0.4, -0.2) is 84.2 Å². The third kappa shape index (κ3) is 10.6. The first-order valence-corrected chi connectivity index (χ1v) is 6.30. The number of rotatable bonds is 6. The van der Waals surface area contributed by atoms with E-state index in [4.69, 9.17) is 0 Å². The molecule has 0 atom stereocenters. The first kappa shape index (κ1) is 16.8. The number of piperazine rings is 1. The number of nitrogens with zero attached hydrogens (tertiary/aromatic N) is 2. The lowest BCUT2D eigenvalue weighted by Gasteiger charge is -2.26. The Kier molecular flexibility index (Phi) is 12.1. The van der Waals surface area contributed by atoms with Gasteiger partial charge in [-0.05, 0) is 28.2 Å². The molecule has 0 amide bonds. The molecule has 1 saturated heterocycles. The van der Waals surface area contributed by atoms with Crippen molar-refractivity contribution in [2.24, 2.45) is 0 Å². The molecule has 1 heterocycles. The first-order valence-electron chi connectivity index (χ1n) is 6.30. The van der Waals surface area contributed by atoms with Crippen LogP contribution in [0.1, 0.15) is 0 Å². The minimum atomic E-state index is 0.931. The van der Waals surface area contributed by atoms with E-state index >= 15 is 0 Å². The molecule has 0 aliphatic carbocycles. The zero-order valence-corrected chi connectivity index (χ0v) is 11.8. The molecule has 0 spiro atoms. The molecule has 1 rings (SSSR count). The normalized spacial score (nSPS) is 16.8. The summed E-state index contributed by atoms with van der Waals surface area (Å²) < 4.78 is 0. The summed E-state index contributed by atoms with van der Waals surface area (Å²) in [6.07, 6.45) is 0. The summed E-state index contributed by atoms with van der Waals surface area (Å²) in [5.41, 5.74) is 0. The molecule has 0 radical (unpaired) electrons. The third-order valence-corrected chi connectivity index (χ3v) is 2.45. The molecule has 4 N–H and O–H groups in total. The van der Waals surface area contributed by atoms with Crippen LogP contribution >= 0.6 is 0 Å². The summed E-state index contributed by atoms with van der Waals surface area (Å²) in [6, 6.07) is 0. The van der Waals surface area contributed by atoms with E-state index in [9.17, 15) is 0 Å². The first-order chi connectivity index (χ1) is 8.24. The Hall–Kier alpha value is -0.240. The Morgan fingerprint density at radius 1 is 1.00 bits per heavy atom. The molecule has 6 heteroatoms. The fourth-order valence-corrected chi connectivity index (χ4v) is 1.69. The molecule has 0 bridgehead atoms. The van der Waals surface area contributed by atoms with Gasteiger partial charge in [-0.2, -0.15) is 0 Å². The van der Waals surface area contributed by atoms with E-state index in [1.54, 1.807) is 0 Å². The van der Waals surface area contributed by atoms with Crippen LogP contribution in [0.25, 0.3) is 0 Å². The molecule has 104 valence electrons. The molecule has 1 aliphatic rings. The van der Waals surface area contributed by atoms with Crippen molar-refractivity contribution >= 4 is 0 Å². The number of nitrogens with one attached hydrogen (secondary N) is 4. The second kappa shape index (κ2) is 12.2. The lowest BCUT2D eigenvalue weighted by Crippen LogP contribution is -2.46. The van der Waals surface area contributed by atoms with Crippen molar-refractivity contribution in [3.63, 3.8) is 0 Å². The molecular weight excluding hydrogens is 216 g/mol. The highest BCUT2D eigenvalue weighted by molar-refractivity contribution is 4.65. The monoisotopic (exact) mass is 246 g/mol. The summed E-state index contributed by atoms with van der Waals surface area (Å²) in [5.74, 6) is 0. The number of hydrogen-bond donors (Lipinski definition) is 4. The van der Waals surface area contributed by atoms with Crippen molar-refractivity contribution < 1.29 is 0 Å². The highest BCUT2D eigenvalue weighted by Gasteiger charge is 2.06. The maximum absolute atomic E-state index is 3.30. The SMILES string of the molecule is CNCN(C)CNC.CNCN1CCNCC1. The van der Waals surface area contributed by atoms with Gasteiger partial charge in [-0.3, -0.25) is 9.80 Å². The van der Waals surface area contributed by atoms with Gasteiger partial charge in [0.25, 0.3) is 0 Å². The topological polar surface area (TPSA) is 54.6 Å². The zero-order chi connectivity index (χ0) is 12.9. The smallest absolute Gasteiger partial charge is 0.0486 e. The largest absolute Gasteiger partial charge is 0.314 e. The Balaban J connectivity index is 0.000000304. The van der Waals surface area contributed by atoms with Crippen LogP contribution in [0.5, 0.6) is 0 Å². The van der Waals surface area contributed by atoms with Gasteiger partial charge in [-0.25, -0.2) is 0 Å². The van der Waals surface area contributed by atoms with Crippen molar-refractivity contribution in [2.75, 3.05) is 74.4 Å². The third-order valence-electron chi connectivity index (χ3n) is 2.45. The van der Waals surface area contributed by atoms with E-state index in [0.29, 0.717) is 0 Å². The average molecular weight is 246 g/mol. The van der Waals surface area contributed by atoms with Gasteiger partial charge in [0, 0.05) is 46.2 Å². The van der Waals surface area contributed by atoms with Gasteiger partial charge in [0.2, 0.25) is 0 Å². The molecular formula is C11H30N6. The molecule has 0 unspecified atom stereocenters. The van der Waals surface area contributed by atoms with Crippen LogP contribution in [0.15, 0.2) is 0 Å². The fourth-order valence-electron chi connectivity index (χ4n) is 1.69. The second-order valence-electron chi connectivity index (χ2n) is 4.26. The average Bonchev–Trinajstić information content (AvgIpc) is 2.32. The van der Waals surface area contributed by atoms with Crippen molar-refractivity contribution in [1.29, 1.82) is 0 Å². The van der Waals surface area contributed by atoms with Gasteiger partial charge in [0.15, 0.2) is 0 Å². The van der Waals surface area contributed by atoms with Crippen LogP contribution in [0, 0.1) is 0 Å². The maximum Gasteiger partial charge on any atom is 0.0486 e. The molecule has 6 nitrogen and oxygen atoms in total. The molecule has 0 aromatic heterocycles. The van der Waals surface area contributed by atoms with E-state index in [-0.39, 0.29) is 0 Å². The Bertz CT molecular complexity index is 140. The predicted molar refractivity (Wildman–Crippen MR) is 74.0 cm³/mol. The van der Waals surface area contributed by atoms with E-state index in [1.807, 2.05) is 28.2 Å². The molecule has 0 aromatic carbocycles. The molecule has 17 heavy (non-hydrogen) atoms. The van der Waals surface area contributed by atoms with E-state index in [2.05, 4.69) is 31.1 Å². The highest BCUT2D eigenvalue weighted by atomic mass is 15.3. The van der Waals surface area contributed by atoms with Gasteiger partial charge in [-0.15, -0.1) is 0 Å². The minimum Gasteiger partial charge on any atom is -0.314 e. The van der Waals surface area contributed by atoms with Crippen LogP contribution in [0.3, 0.4) is 0 Å². The predicted octanol–water partition coefficient (Wildman–Crippen LogP) is -1.66. The summed E-state index contributed by atoms with van der Waals surface area (Å²) in [5, 5.41) is 12.5. The van der Waals surface area contributed by atoms with E-state index in [0.717, 1.165) is 33.1 Å². The van der Waals surface area contributed by atoms with Crippen LogP contribution in [-0.2, 0) is 0 Å². The highest BCUT2D eigenvalue weighted by Crippen LogP contribution is 1.87.